The molecule has 0 bridgehead atoms. The minimum absolute atomic E-state index is 0.0786. The van der Waals surface area contributed by atoms with E-state index in [1.54, 1.807) is 4.90 Å². The van der Waals surface area contributed by atoms with Crippen molar-refractivity contribution >= 4 is 27.5 Å². The first-order chi connectivity index (χ1) is 16.8. The van der Waals surface area contributed by atoms with Gasteiger partial charge in [-0.25, -0.2) is 21.9 Å². The van der Waals surface area contributed by atoms with Crippen molar-refractivity contribution in [2.24, 2.45) is 0 Å². The highest BCUT2D eigenvalue weighted by Gasteiger charge is 2.38. The molecule has 4 rings (SSSR count). The Morgan fingerprint density at radius 1 is 1.14 bits per heavy atom. The average Bonchev–Trinajstić information content (AvgIpc) is 3.63. The Kier molecular flexibility index (Phi) is 7.50. The van der Waals surface area contributed by atoms with Gasteiger partial charge in [0.05, 0.1) is 21.4 Å². The fourth-order valence-electron chi connectivity index (χ4n) is 4.06. The van der Waals surface area contributed by atoms with Crippen LogP contribution < -0.4 is 9.46 Å². The third-order valence-corrected chi connectivity index (χ3v) is 8.11. The number of nitrogens with zero attached hydrogens (tertiary/aromatic N) is 1. The zero-order valence-corrected chi connectivity index (χ0v) is 20.3. The summed E-state index contributed by atoms with van der Waals surface area (Å²) in [6.45, 7) is 0.589. The number of nitrogens with one attached hydrogen (secondary N) is 1. The molecule has 13 heteroatoms. The Morgan fingerprint density at radius 2 is 1.86 bits per heavy atom. The Morgan fingerprint density at radius 3 is 2.53 bits per heavy atom. The highest BCUT2D eigenvalue weighted by Crippen LogP contribution is 2.34. The van der Waals surface area contributed by atoms with Gasteiger partial charge in [0.15, 0.2) is 0 Å². The molecule has 1 saturated heterocycles. The maximum atomic E-state index is 14.6. The van der Waals surface area contributed by atoms with Crippen molar-refractivity contribution in [1.82, 2.24) is 9.62 Å². The first-order valence-corrected chi connectivity index (χ1v) is 13.1. The summed E-state index contributed by atoms with van der Waals surface area (Å²) in [6.07, 6.45) is -3.30. The van der Waals surface area contributed by atoms with E-state index in [0.717, 1.165) is 24.3 Å². The van der Waals surface area contributed by atoms with Crippen LogP contribution >= 0.6 is 11.6 Å². The van der Waals surface area contributed by atoms with Gasteiger partial charge in [-0.2, -0.15) is 13.2 Å². The molecular weight excluding hydrogens is 531 g/mol. The summed E-state index contributed by atoms with van der Waals surface area (Å²) in [6, 6.07) is 4.38. The van der Waals surface area contributed by atoms with E-state index in [9.17, 15) is 35.2 Å². The second kappa shape index (κ2) is 10.1. The second-order valence-corrected chi connectivity index (χ2v) is 11.2. The highest BCUT2D eigenvalue weighted by atomic mass is 35.5. The summed E-state index contributed by atoms with van der Waals surface area (Å²) in [7, 11) is -3.88. The van der Waals surface area contributed by atoms with E-state index in [2.05, 4.69) is 0 Å². The Hall–Kier alpha value is -2.44. The number of rotatable bonds is 7. The number of halogens is 6. The predicted molar refractivity (Wildman–Crippen MR) is 121 cm³/mol. The lowest BCUT2D eigenvalue weighted by molar-refractivity contribution is -0.138. The van der Waals surface area contributed by atoms with Gasteiger partial charge in [-0.15, -0.1) is 0 Å². The SMILES string of the molecule is O=C(NS(=O)(=O)C1CC1)c1cc(Cl)c(O[C@@H]2CCCN(Cc3ccc(F)cc3C(F)(F)F)C2)cc1F. The van der Waals surface area contributed by atoms with Gasteiger partial charge >= 0.3 is 6.18 Å². The zero-order valence-electron chi connectivity index (χ0n) is 18.7. The normalized spacial score (nSPS) is 19.2. The smallest absolute Gasteiger partial charge is 0.416 e. The highest BCUT2D eigenvalue weighted by molar-refractivity contribution is 7.91. The lowest BCUT2D eigenvalue weighted by Gasteiger charge is -2.33. The number of benzene rings is 2. The van der Waals surface area contributed by atoms with Gasteiger partial charge in [0.1, 0.15) is 23.5 Å². The maximum absolute atomic E-state index is 14.6. The molecule has 0 aromatic heterocycles. The summed E-state index contributed by atoms with van der Waals surface area (Å²) >= 11 is 6.17. The molecule has 0 spiro atoms. The number of amides is 1. The van der Waals surface area contributed by atoms with Gasteiger partial charge < -0.3 is 4.74 Å². The first kappa shape index (κ1) is 26.6. The van der Waals surface area contributed by atoms with E-state index in [-0.39, 0.29) is 29.4 Å². The van der Waals surface area contributed by atoms with E-state index >= 15 is 0 Å². The Labute approximate surface area is 209 Å². The number of ether oxygens (including phenoxy) is 1. The standard InChI is InChI=1S/C23H22ClF5N2O4S/c24-19-9-17(22(32)30-36(33,34)16-5-6-16)20(26)10-21(19)35-15-2-1-7-31(12-15)11-13-3-4-14(25)8-18(13)23(27,28)29/h3-4,8-10,15-16H,1-2,5-7,11-12H2,(H,30,32)/t15-/m1/s1. The average molecular weight is 553 g/mol. The topological polar surface area (TPSA) is 75.7 Å². The van der Waals surface area contributed by atoms with Crippen LogP contribution in [0.3, 0.4) is 0 Å². The fraction of sp³-hybridized carbons (Fsp3) is 0.435. The summed E-state index contributed by atoms with van der Waals surface area (Å²) in [5, 5.41) is -0.792. The quantitative estimate of drug-likeness (QED) is 0.495. The zero-order chi connectivity index (χ0) is 26.3. The van der Waals surface area contributed by atoms with Crippen molar-refractivity contribution < 1.29 is 39.9 Å². The second-order valence-electron chi connectivity index (χ2n) is 8.85. The van der Waals surface area contributed by atoms with Gasteiger partial charge in [0, 0.05) is 19.2 Å². The van der Waals surface area contributed by atoms with Gasteiger partial charge in [0.25, 0.3) is 5.91 Å². The van der Waals surface area contributed by atoms with Gasteiger partial charge in [0.2, 0.25) is 10.0 Å². The lowest BCUT2D eigenvalue weighted by atomic mass is 10.0. The largest absolute Gasteiger partial charge is 0.487 e. The molecule has 36 heavy (non-hydrogen) atoms. The van der Waals surface area contributed by atoms with Crippen LogP contribution in [0.15, 0.2) is 30.3 Å². The molecule has 0 unspecified atom stereocenters. The molecule has 0 radical (unpaired) electrons. The number of carbonyl (C=O) groups is 1. The van der Waals surface area contributed by atoms with Crippen LogP contribution in [0, 0.1) is 11.6 Å². The first-order valence-electron chi connectivity index (χ1n) is 11.1. The van der Waals surface area contributed by atoms with Gasteiger partial charge in [-0.05, 0) is 56.0 Å². The van der Waals surface area contributed by atoms with E-state index in [1.807, 2.05) is 4.72 Å². The molecule has 2 aliphatic rings. The number of hydrogen-bond acceptors (Lipinski definition) is 5. The number of carbonyl (C=O) groups excluding carboxylic acids is 1. The summed E-state index contributed by atoms with van der Waals surface area (Å²) in [5.41, 5.74) is -1.68. The lowest BCUT2D eigenvalue weighted by Crippen LogP contribution is -2.41. The van der Waals surface area contributed by atoms with Crippen LogP contribution in [0.4, 0.5) is 22.0 Å². The molecule has 1 aliphatic carbocycles. The van der Waals surface area contributed by atoms with E-state index in [4.69, 9.17) is 16.3 Å². The molecule has 196 valence electrons. The molecule has 6 nitrogen and oxygen atoms in total. The van der Waals surface area contributed by atoms with Crippen molar-refractivity contribution in [3.05, 3.63) is 63.7 Å². The molecular formula is C23H22ClF5N2O4S. The van der Waals surface area contributed by atoms with E-state index < -0.39 is 56.2 Å². The molecule has 2 aromatic rings. The summed E-state index contributed by atoms with van der Waals surface area (Å²) in [4.78, 5) is 14.0. The van der Waals surface area contributed by atoms with Gasteiger partial charge in [-0.3, -0.25) is 9.69 Å². The van der Waals surface area contributed by atoms with Crippen LogP contribution in [-0.2, 0) is 22.7 Å². The molecule has 1 heterocycles. The number of alkyl halides is 3. The molecule has 1 aliphatic heterocycles. The minimum Gasteiger partial charge on any atom is -0.487 e. The van der Waals surface area contributed by atoms with Crippen molar-refractivity contribution in [2.45, 2.75) is 49.8 Å². The Balaban J connectivity index is 1.44. The van der Waals surface area contributed by atoms with E-state index in [0.29, 0.717) is 38.3 Å². The maximum Gasteiger partial charge on any atom is 0.416 e. The van der Waals surface area contributed by atoms with Crippen molar-refractivity contribution in [3.8, 4) is 5.75 Å². The van der Waals surface area contributed by atoms with Crippen molar-refractivity contribution in [1.29, 1.82) is 0 Å². The summed E-state index contributed by atoms with van der Waals surface area (Å²) < 4.78 is 99.6. The van der Waals surface area contributed by atoms with Crippen LogP contribution in [0.1, 0.15) is 47.2 Å². The number of sulfonamides is 1. The molecule has 1 amide bonds. The summed E-state index contributed by atoms with van der Waals surface area (Å²) in [5.74, 6) is -3.24. The number of hydrogen-bond donors (Lipinski definition) is 1. The van der Waals surface area contributed by atoms with Crippen LogP contribution in [0.5, 0.6) is 5.75 Å². The molecule has 1 N–H and O–H groups in total. The number of likely N-dealkylation sites (tertiary alicyclic amines) is 1. The molecule has 1 atom stereocenters. The van der Waals surface area contributed by atoms with Crippen LogP contribution in [-0.4, -0.2) is 43.7 Å². The molecule has 1 saturated carbocycles. The fourth-order valence-corrected chi connectivity index (χ4v) is 5.56. The minimum atomic E-state index is -4.71. The van der Waals surface area contributed by atoms with Crippen LogP contribution in [0.25, 0.3) is 0 Å². The van der Waals surface area contributed by atoms with Gasteiger partial charge in [-0.1, -0.05) is 17.7 Å². The van der Waals surface area contributed by atoms with Crippen molar-refractivity contribution in [2.75, 3.05) is 13.1 Å². The third-order valence-electron chi connectivity index (χ3n) is 5.99. The predicted octanol–water partition coefficient (Wildman–Crippen LogP) is 4.90. The monoisotopic (exact) mass is 552 g/mol. The Bertz CT molecular complexity index is 1270. The third kappa shape index (κ3) is 6.27. The van der Waals surface area contributed by atoms with E-state index in [1.165, 1.54) is 0 Å². The molecule has 2 aromatic carbocycles. The van der Waals surface area contributed by atoms with Crippen molar-refractivity contribution in [3.63, 3.8) is 0 Å². The number of piperidine rings is 1. The molecule has 2 fully saturated rings. The van der Waals surface area contributed by atoms with Crippen LogP contribution in [0.2, 0.25) is 5.02 Å².